The van der Waals surface area contributed by atoms with Crippen LogP contribution in [0.2, 0.25) is 0 Å². The molecule has 0 radical (unpaired) electrons. The maximum atomic E-state index is 12.7. The number of nitrogens with zero attached hydrogens (tertiary/aromatic N) is 1. The van der Waals surface area contributed by atoms with E-state index in [9.17, 15) is 9.59 Å². The third-order valence-corrected chi connectivity index (χ3v) is 4.89. The van der Waals surface area contributed by atoms with E-state index >= 15 is 0 Å². The van der Waals surface area contributed by atoms with Crippen LogP contribution in [0, 0.1) is 12.8 Å². The molecule has 26 heavy (non-hydrogen) atoms. The number of amides is 2. The van der Waals surface area contributed by atoms with E-state index in [1.54, 1.807) is 4.90 Å². The largest absolute Gasteiger partial charge is 0.325 e. The lowest BCUT2D eigenvalue weighted by Crippen LogP contribution is -2.28. The van der Waals surface area contributed by atoms with Crippen molar-refractivity contribution in [1.29, 1.82) is 0 Å². The maximum absolute atomic E-state index is 12.7. The molecule has 1 aliphatic rings. The van der Waals surface area contributed by atoms with Gasteiger partial charge in [0, 0.05) is 29.7 Å². The molecule has 4 nitrogen and oxygen atoms in total. The topological polar surface area (TPSA) is 49.4 Å². The SMILES string of the molecule is Cc1ccc(N2C[C@@H](C(=O)Nc3cccc4ccccc34)CC2=O)cc1. The zero-order valence-corrected chi connectivity index (χ0v) is 14.6. The van der Waals surface area contributed by atoms with E-state index in [2.05, 4.69) is 5.32 Å². The quantitative estimate of drug-likeness (QED) is 0.776. The number of benzene rings is 3. The Morgan fingerprint density at radius 3 is 2.54 bits per heavy atom. The first-order chi connectivity index (χ1) is 12.6. The van der Waals surface area contributed by atoms with Gasteiger partial charge in [-0.2, -0.15) is 0 Å². The van der Waals surface area contributed by atoms with E-state index in [-0.39, 0.29) is 24.2 Å². The lowest BCUT2D eigenvalue weighted by Gasteiger charge is -2.17. The predicted molar refractivity (Wildman–Crippen MR) is 104 cm³/mol. The van der Waals surface area contributed by atoms with Crippen molar-refractivity contribution in [2.75, 3.05) is 16.8 Å². The van der Waals surface area contributed by atoms with Gasteiger partial charge in [-0.25, -0.2) is 0 Å². The molecule has 130 valence electrons. The Bertz CT molecular complexity index is 974. The van der Waals surface area contributed by atoms with E-state index < -0.39 is 0 Å². The number of hydrogen-bond donors (Lipinski definition) is 1. The number of nitrogens with one attached hydrogen (secondary N) is 1. The van der Waals surface area contributed by atoms with Gasteiger partial charge < -0.3 is 10.2 Å². The first kappa shape index (κ1) is 16.3. The van der Waals surface area contributed by atoms with Crippen LogP contribution in [-0.4, -0.2) is 18.4 Å². The second-order valence-corrected chi connectivity index (χ2v) is 6.76. The zero-order valence-electron chi connectivity index (χ0n) is 14.6. The van der Waals surface area contributed by atoms with E-state index in [4.69, 9.17) is 0 Å². The highest BCUT2D eigenvalue weighted by Gasteiger charge is 2.35. The van der Waals surface area contributed by atoms with E-state index in [0.717, 1.165) is 27.7 Å². The van der Waals surface area contributed by atoms with Gasteiger partial charge in [-0.1, -0.05) is 54.1 Å². The summed E-state index contributed by atoms with van der Waals surface area (Å²) in [4.78, 5) is 26.8. The van der Waals surface area contributed by atoms with Gasteiger partial charge in [-0.15, -0.1) is 0 Å². The average Bonchev–Trinajstić information content (AvgIpc) is 3.05. The molecule has 1 atom stereocenters. The van der Waals surface area contributed by atoms with Crippen molar-refractivity contribution in [1.82, 2.24) is 0 Å². The summed E-state index contributed by atoms with van der Waals surface area (Å²) in [7, 11) is 0. The monoisotopic (exact) mass is 344 g/mol. The number of carbonyl (C=O) groups excluding carboxylic acids is 2. The Hall–Kier alpha value is -3.14. The summed E-state index contributed by atoms with van der Waals surface area (Å²) in [5, 5.41) is 5.09. The molecule has 3 aromatic carbocycles. The van der Waals surface area contributed by atoms with Crippen LogP contribution in [0.1, 0.15) is 12.0 Å². The van der Waals surface area contributed by atoms with Crippen LogP contribution in [-0.2, 0) is 9.59 Å². The van der Waals surface area contributed by atoms with Crippen LogP contribution in [0.5, 0.6) is 0 Å². The minimum absolute atomic E-state index is 0.00748. The highest BCUT2D eigenvalue weighted by Crippen LogP contribution is 2.28. The third kappa shape index (κ3) is 3.06. The normalized spacial score (nSPS) is 16.9. The lowest BCUT2D eigenvalue weighted by molar-refractivity contribution is -0.122. The van der Waals surface area contributed by atoms with Crippen LogP contribution in [0.15, 0.2) is 66.7 Å². The summed E-state index contributed by atoms with van der Waals surface area (Å²) in [6.45, 7) is 2.43. The molecular formula is C22H20N2O2. The van der Waals surface area contributed by atoms with Crippen LogP contribution in [0.4, 0.5) is 11.4 Å². The van der Waals surface area contributed by atoms with Gasteiger partial charge in [-0.05, 0) is 30.5 Å². The maximum Gasteiger partial charge on any atom is 0.229 e. The van der Waals surface area contributed by atoms with Crippen molar-refractivity contribution in [3.8, 4) is 0 Å². The summed E-state index contributed by atoms with van der Waals surface area (Å²) >= 11 is 0. The molecule has 1 saturated heterocycles. The van der Waals surface area contributed by atoms with Crippen molar-refractivity contribution in [2.45, 2.75) is 13.3 Å². The molecule has 0 aromatic heterocycles. The first-order valence-corrected chi connectivity index (χ1v) is 8.77. The van der Waals surface area contributed by atoms with Gasteiger partial charge in [0.05, 0.1) is 5.92 Å². The molecule has 1 aliphatic heterocycles. The fraction of sp³-hybridized carbons (Fsp3) is 0.182. The molecule has 2 amide bonds. The minimum atomic E-state index is -0.345. The first-order valence-electron chi connectivity index (χ1n) is 8.77. The summed E-state index contributed by atoms with van der Waals surface area (Å²) in [6.07, 6.45) is 0.241. The predicted octanol–water partition coefficient (Wildman–Crippen LogP) is 4.14. The summed E-state index contributed by atoms with van der Waals surface area (Å²) < 4.78 is 0. The van der Waals surface area contributed by atoms with Gasteiger partial charge in [0.2, 0.25) is 11.8 Å². The minimum Gasteiger partial charge on any atom is -0.325 e. The number of carbonyl (C=O) groups is 2. The van der Waals surface area contributed by atoms with Crippen molar-refractivity contribution in [3.63, 3.8) is 0 Å². The summed E-state index contributed by atoms with van der Waals surface area (Å²) in [5.41, 5.74) is 2.78. The standard InChI is InChI=1S/C22H20N2O2/c1-15-9-11-18(12-10-15)24-14-17(13-21(24)25)22(26)23-20-8-4-6-16-5-2-3-7-19(16)20/h2-12,17H,13-14H2,1H3,(H,23,26)/t17-/m0/s1. The molecule has 0 bridgehead atoms. The fourth-order valence-corrected chi connectivity index (χ4v) is 3.43. The van der Waals surface area contributed by atoms with Crippen molar-refractivity contribution >= 4 is 34.0 Å². The van der Waals surface area contributed by atoms with Gasteiger partial charge >= 0.3 is 0 Å². The van der Waals surface area contributed by atoms with E-state index in [1.165, 1.54) is 0 Å². The van der Waals surface area contributed by atoms with Crippen LogP contribution in [0.25, 0.3) is 10.8 Å². The van der Waals surface area contributed by atoms with Gasteiger partial charge in [0.1, 0.15) is 0 Å². The number of hydrogen-bond acceptors (Lipinski definition) is 2. The Morgan fingerprint density at radius 1 is 1.00 bits per heavy atom. The molecule has 0 unspecified atom stereocenters. The molecule has 0 spiro atoms. The van der Waals surface area contributed by atoms with Gasteiger partial charge in [0.15, 0.2) is 0 Å². The fourth-order valence-electron chi connectivity index (χ4n) is 3.43. The van der Waals surface area contributed by atoms with Gasteiger partial charge in [-0.3, -0.25) is 9.59 Å². The number of fused-ring (bicyclic) bond motifs is 1. The number of anilines is 2. The van der Waals surface area contributed by atoms with Crippen LogP contribution >= 0.6 is 0 Å². The molecule has 4 heteroatoms. The molecule has 4 rings (SSSR count). The third-order valence-electron chi connectivity index (χ3n) is 4.89. The van der Waals surface area contributed by atoms with E-state index in [1.807, 2.05) is 73.7 Å². The molecule has 0 saturated carbocycles. The van der Waals surface area contributed by atoms with Crippen LogP contribution in [0.3, 0.4) is 0 Å². The Morgan fingerprint density at radius 2 is 1.73 bits per heavy atom. The second kappa shape index (κ2) is 6.64. The van der Waals surface area contributed by atoms with Crippen molar-refractivity contribution in [2.24, 2.45) is 5.92 Å². The Kier molecular flexibility index (Phi) is 4.17. The molecule has 1 heterocycles. The zero-order chi connectivity index (χ0) is 18.1. The lowest BCUT2D eigenvalue weighted by atomic mass is 10.1. The van der Waals surface area contributed by atoms with Gasteiger partial charge in [0.25, 0.3) is 0 Å². The molecule has 3 aromatic rings. The molecule has 1 N–H and O–H groups in total. The second-order valence-electron chi connectivity index (χ2n) is 6.76. The average molecular weight is 344 g/mol. The highest BCUT2D eigenvalue weighted by molar-refractivity contribution is 6.07. The summed E-state index contributed by atoms with van der Waals surface area (Å²) in [5.74, 6) is -0.459. The Balaban J connectivity index is 1.52. The molecule has 0 aliphatic carbocycles. The molecular weight excluding hydrogens is 324 g/mol. The highest BCUT2D eigenvalue weighted by atomic mass is 16.2. The van der Waals surface area contributed by atoms with Crippen molar-refractivity contribution < 1.29 is 9.59 Å². The summed E-state index contributed by atoms with van der Waals surface area (Å²) in [6, 6.07) is 21.6. The van der Waals surface area contributed by atoms with Crippen LogP contribution < -0.4 is 10.2 Å². The molecule has 1 fully saturated rings. The number of aryl methyl sites for hydroxylation is 1. The number of rotatable bonds is 3. The Labute approximate surface area is 152 Å². The van der Waals surface area contributed by atoms with E-state index in [0.29, 0.717) is 6.54 Å². The smallest absolute Gasteiger partial charge is 0.229 e. The van der Waals surface area contributed by atoms with Crippen molar-refractivity contribution in [3.05, 3.63) is 72.3 Å².